The summed E-state index contributed by atoms with van der Waals surface area (Å²) in [5, 5.41) is 8.23. The van der Waals surface area contributed by atoms with Crippen molar-refractivity contribution in [3.05, 3.63) is 30.6 Å². The van der Waals surface area contributed by atoms with E-state index in [0.717, 1.165) is 43.1 Å². The predicted molar refractivity (Wildman–Crippen MR) is 76.6 cm³/mol. The molecule has 0 aromatic carbocycles. The third-order valence-electron chi connectivity index (χ3n) is 4.17. The van der Waals surface area contributed by atoms with Crippen LogP contribution >= 0.6 is 0 Å². The van der Waals surface area contributed by atoms with Crippen molar-refractivity contribution in [3.8, 4) is 11.3 Å². The lowest BCUT2D eigenvalue weighted by Crippen LogP contribution is -2.31. The van der Waals surface area contributed by atoms with Gasteiger partial charge in [-0.15, -0.1) is 0 Å². The molecule has 0 spiro atoms. The fourth-order valence-corrected chi connectivity index (χ4v) is 3.16. The molecule has 104 valence electrons. The van der Waals surface area contributed by atoms with E-state index in [9.17, 15) is 0 Å². The van der Waals surface area contributed by atoms with Crippen molar-refractivity contribution in [2.24, 2.45) is 0 Å². The molecule has 5 heteroatoms. The monoisotopic (exact) mass is 270 g/mol. The Bertz CT molecular complexity index is 589. The number of ether oxygens (including phenoxy) is 1. The van der Waals surface area contributed by atoms with Crippen LogP contribution in [-0.2, 0) is 4.74 Å². The first-order chi connectivity index (χ1) is 9.92. The molecule has 2 aliphatic rings. The quantitative estimate of drug-likeness (QED) is 0.911. The Labute approximate surface area is 118 Å². The average Bonchev–Trinajstić information content (AvgIpc) is 3.17. The highest BCUT2D eigenvalue weighted by Crippen LogP contribution is 2.34. The zero-order chi connectivity index (χ0) is 13.4. The van der Waals surface area contributed by atoms with Gasteiger partial charge in [-0.25, -0.2) is 4.68 Å². The van der Waals surface area contributed by atoms with E-state index in [4.69, 9.17) is 9.84 Å². The van der Waals surface area contributed by atoms with Crippen LogP contribution in [0.4, 0.5) is 5.82 Å². The Kier molecular flexibility index (Phi) is 2.92. The molecule has 1 saturated heterocycles. The van der Waals surface area contributed by atoms with Crippen molar-refractivity contribution in [1.82, 2.24) is 14.8 Å². The van der Waals surface area contributed by atoms with Crippen LogP contribution in [0.25, 0.3) is 11.3 Å². The summed E-state index contributed by atoms with van der Waals surface area (Å²) in [5.41, 5.74) is 2.11. The Balaban J connectivity index is 1.70. The van der Waals surface area contributed by atoms with Gasteiger partial charge in [0, 0.05) is 37.2 Å². The second-order valence-corrected chi connectivity index (χ2v) is 5.43. The van der Waals surface area contributed by atoms with Crippen LogP contribution in [0.5, 0.6) is 0 Å². The van der Waals surface area contributed by atoms with Crippen LogP contribution in [0.3, 0.4) is 0 Å². The lowest BCUT2D eigenvalue weighted by atomic mass is 10.0. The summed E-state index contributed by atoms with van der Waals surface area (Å²) in [4.78, 5) is 4.06. The molecule has 1 N–H and O–H groups in total. The molecule has 2 aromatic heterocycles. The fourth-order valence-electron chi connectivity index (χ4n) is 3.16. The highest BCUT2D eigenvalue weighted by Gasteiger charge is 2.31. The summed E-state index contributed by atoms with van der Waals surface area (Å²) in [7, 11) is 0. The summed E-state index contributed by atoms with van der Waals surface area (Å²) < 4.78 is 7.99. The highest BCUT2D eigenvalue weighted by molar-refractivity contribution is 5.62. The molecule has 2 aromatic rings. The normalized spacial score (nSPS) is 25.2. The average molecular weight is 270 g/mol. The number of hydrogen-bond donors (Lipinski definition) is 1. The maximum absolute atomic E-state index is 5.87. The topological polar surface area (TPSA) is 52.0 Å². The maximum atomic E-state index is 5.87. The number of pyridine rings is 1. The van der Waals surface area contributed by atoms with Gasteiger partial charge >= 0.3 is 0 Å². The van der Waals surface area contributed by atoms with E-state index in [1.54, 1.807) is 12.4 Å². The minimum atomic E-state index is 0.320. The van der Waals surface area contributed by atoms with Crippen LogP contribution in [0, 0.1) is 0 Å². The molecule has 0 radical (unpaired) electrons. The van der Waals surface area contributed by atoms with Crippen LogP contribution in [0.2, 0.25) is 0 Å². The summed E-state index contributed by atoms with van der Waals surface area (Å²) in [5.74, 6) is 1.10. The molecule has 5 nitrogen and oxygen atoms in total. The maximum Gasteiger partial charge on any atom is 0.125 e. The van der Waals surface area contributed by atoms with Crippen molar-refractivity contribution in [1.29, 1.82) is 0 Å². The molecule has 0 amide bonds. The molecular formula is C15H18N4O. The third kappa shape index (κ3) is 1.98. The SMILES string of the molecule is c1cc(-c2cc3n(n2)C(C2CCCO2)CCN3)ccn1. The van der Waals surface area contributed by atoms with E-state index in [2.05, 4.69) is 21.0 Å². The number of anilines is 1. The molecule has 0 aliphatic carbocycles. The van der Waals surface area contributed by atoms with E-state index in [0.29, 0.717) is 12.1 Å². The Hall–Kier alpha value is -1.88. The Morgan fingerprint density at radius 3 is 2.95 bits per heavy atom. The predicted octanol–water partition coefficient (Wildman–Crippen LogP) is 2.48. The molecule has 0 bridgehead atoms. The first-order valence-corrected chi connectivity index (χ1v) is 7.27. The summed E-state index contributed by atoms with van der Waals surface area (Å²) in [6.07, 6.45) is 7.32. The second kappa shape index (κ2) is 4.90. The second-order valence-electron chi connectivity index (χ2n) is 5.43. The standard InChI is InChI=1S/C15H18N4O/c1-2-14(20-9-1)13-5-8-17-15-10-12(18-19(13)15)11-3-6-16-7-4-11/h3-4,6-7,10,13-14,17H,1-2,5,8-9H2. The van der Waals surface area contributed by atoms with Gasteiger partial charge < -0.3 is 10.1 Å². The van der Waals surface area contributed by atoms with Crippen molar-refractivity contribution in [2.75, 3.05) is 18.5 Å². The van der Waals surface area contributed by atoms with Gasteiger partial charge in [0.05, 0.1) is 17.8 Å². The number of fused-ring (bicyclic) bond motifs is 1. The smallest absolute Gasteiger partial charge is 0.125 e. The van der Waals surface area contributed by atoms with Gasteiger partial charge in [0.2, 0.25) is 0 Å². The minimum Gasteiger partial charge on any atom is -0.376 e. The van der Waals surface area contributed by atoms with Crippen molar-refractivity contribution >= 4 is 5.82 Å². The van der Waals surface area contributed by atoms with Gasteiger partial charge in [-0.1, -0.05) is 0 Å². The third-order valence-corrected chi connectivity index (χ3v) is 4.17. The molecule has 2 atom stereocenters. The minimum absolute atomic E-state index is 0.320. The highest BCUT2D eigenvalue weighted by atomic mass is 16.5. The van der Waals surface area contributed by atoms with E-state index >= 15 is 0 Å². The van der Waals surface area contributed by atoms with Crippen LogP contribution in [-0.4, -0.2) is 34.0 Å². The first kappa shape index (κ1) is 11.9. The van der Waals surface area contributed by atoms with E-state index in [1.165, 1.54) is 6.42 Å². The fraction of sp³-hybridized carbons (Fsp3) is 0.467. The van der Waals surface area contributed by atoms with Crippen molar-refractivity contribution < 1.29 is 4.74 Å². The number of nitrogens with one attached hydrogen (secondary N) is 1. The summed E-state index contributed by atoms with van der Waals surface area (Å²) >= 11 is 0. The molecule has 0 saturated carbocycles. The number of aromatic nitrogens is 3. The van der Waals surface area contributed by atoms with E-state index in [-0.39, 0.29) is 0 Å². The van der Waals surface area contributed by atoms with Crippen LogP contribution in [0.15, 0.2) is 30.6 Å². The lowest BCUT2D eigenvalue weighted by molar-refractivity contribution is 0.0593. The summed E-state index contributed by atoms with van der Waals surface area (Å²) in [6.45, 7) is 1.88. The number of rotatable bonds is 2. The van der Waals surface area contributed by atoms with Gasteiger partial charge in [-0.05, 0) is 31.4 Å². The molecular weight excluding hydrogens is 252 g/mol. The van der Waals surface area contributed by atoms with Crippen molar-refractivity contribution in [2.45, 2.75) is 31.4 Å². The zero-order valence-electron chi connectivity index (χ0n) is 11.3. The van der Waals surface area contributed by atoms with Gasteiger partial charge in [-0.2, -0.15) is 5.10 Å². The number of hydrogen-bond acceptors (Lipinski definition) is 4. The molecule has 2 unspecified atom stereocenters. The molecule has 1 fully saturated rings. The molecule has 20 heavy (non-hydrogen) atoms. The van der Waals surface area contributed by atoms with Gasteiger partial charge in [-0.3, -0.25) is 4.98 Å². The Morgan fingerprint density at radius 1 is 1.25 bits per heavy atom. The zero-order valence-corrected chi connectivity index (χ0v) is 11.3. The summed E-state index contributed by atoms with van der Waals surface area (Å²) in [6, 6.07) is 6.48. The Morgan fingerprint density at radius 2 is 2.15 bits per heavy atom. The molecule has 4 heterocycles. The lowest BCUT2D eigenvalue weighted by Gasteiger charge is -2.29. The first-order valence-electron chi connectivity index (χ1n) is 7.27. The largest absolute Gasteiger partial charge is 0.376 e. The van der Waals surface area contributed by atoms with Gasteiger partial charge in [0.15, 0.2) is 0 Å². The molecule has 4 rings (SSSR count). The van der Waals surface area contributed by atoms with Gasteiger partial charge in [0.25, 0.3) is 0 Å². The molecule has 2 aliphatic heterocycles. The van der Waals surface area contributed by atoms with E-state index < -0.39 is 0 Å². The number of nitrogens with zero attached hydrogens (tertiary/aromatic N) is 3. The van der Waals surface area contributed by atoms with Gasteiger partial charge in [0.1, 0.15) is 5.82 Å². The van der Waals surface area contributed by atoms with E-state index in [1.807, 2.05) is 12.1 Å². The van der Waals surface area contributed by atoms with Crippen LogP contribution < -0.4 is 5.32 Å². The van der Waals surface area contributed by atoms with Crippen LogP contribution in [0.1, 0.15) is 25.3 Å². The van der Waals surface area contributed by atoms with Crippen molar-refractivity contribution in [3.63, 3.8) is 0 Å².